The highest BCUT2D eigenvalue weighted by Crippen LogP contribution is 2.27. The van der Waals surface area contributed by atoms with Crippen LogP contribution >= 0.6 is 0 Å². The van der Waals surface area contributed by atoms with Crippen molar-refractivity contribution in [2.75, 3.05) is 25.6 Å². The summed E-state index contributed by atoms with van der Waals surface area (Å²) < 4.78 is 38.2. The fraction of sp³-hybridized carbons (Fsp3) is 0.316. The number of carbonyl (C=O) groups is 1. The number of aryl methyl sites for hydroxylation is 2. The first kappa shape index (κ1) is 20.7. The van der Waals surface area contributed by atoms with E-state index in [1.54, 1.807) is 0 Å². The summed E-state index contributed by atoms with van der Waals surface area (Å²) in [6.07, 6.45) is 0. The molecule has 2 rings (SSSR count). The number of amides is 1. The van der Waals surface area contributed by atoms with Gasteiger partial charge in [0, 0.05) is 13.5 Å². The van der Waals surface area contributed by atoms with Crippen molar-refractivity contribution in [3.05, 3.63) is 47.5 Å². The molecular formula is C19H24N2O5S. The molecule has 146 valence electrons. The van der Waals surface area contributed by atoms with Crippen molar-refractivity contribution >= 4 is 21.6 Å². The fourth-order valence-corrected chi connectivity index (χ4v) is 3.46. The van der Waals surface area contributed by atoms with Crippen molar-refractivity contribution in [1.29, 1.82) is 0 Å². The Balaban J connectivity index is 2.03. The minimum Gasteiger partial charge on any atom is -0.495 e. The molecule has 0 heterocycles. The van der Waals surface area contributed by atoms with E-state index in [4.69, 9.17) is 9.47 Å². The Morgan fingerprint density at radius 3 is 2.48 bits per heavy atom. The van der Waals surface area contributed by atoms with Gasteiger partial charge in [-0.1, -0.05) is 12.1 Å². The van der Waals surface area contributed by atoms with E-state index in [1.807, 2.05) is 32.0 Å². The van der Waals surface area contributed by atoms with Crippen molar-refractivity contribution in [3.8, 4) is 11.5 Å². The molecule has 0 unspecified atom stereocenters. The number of anilines is 1. The monoisotopic (exact) mass is 392 g/mol. The van der Waals surface area contributed by atoms with Crippen LogP contribution in [0, 0.1) is 13.8 Å². The van der Waals surface area contributed by atoms with Crippen LogP contribution in [0.25, 0.3) is 0 Å². The summed E-state index contributed by atoms with van der Waals surface area (Å²) in [6.45, 7) is 5.53. The van der Waals surface area contributed by atoms with E-state index in [-0.39, 0.29) is 24.0 Å². The zero-order chi connectivity index (χ0) is 20.0. The van der Waals surface area contributed by atoms with Crippen LogP contribution in [-0.4, -0.2) is 34.6 Å². The maximum atomic E-state index is 12.5. The van der Waals surface area contributed by atoms with Crippen LogP contribution in [0.1, 0.15) is 18.1 Å². The van der Waals surface area contributed by atoms with Gasteiger partial charge < -0.3 is 14.8 Å². The topological polar surface area (TPSA) is 93.7 Å². The SMILES string of the molecule is COc1ccc(S(=O)(=O)NCCOc2cc(C)ccc2C)cc1NC(C)=O. The van der Waals surface area contributed by atoms with Crippen molar-refractivity contribution in [2.45, 2.75) is 25.7 Å². The number of hydrogen-bond donors (Lipinski definition) is 2. The van der Waals surface area contributed by atoms with E-state index < -0.39 is 10.0 Å². The molecule has 0 saturated heterocycles. The maximum absolute atomic E-state index is 12.5. The number of sulfonamides is 1. The highest BCUT2D eigenvalue weighted by atomic mass is 32.2. The number of rotatable bonds is 8. The molecule has 0 aliphatic heterocycles. The van der Waals surface area contributed by atoms with E-state index in [9.17, 15) is 13.2 Å². The summed E-state index contributed by atoms with van der Waals surface area (Å²) in [4.78, 5) is 11.3. The molecule has 7 nitrogen and oxygen atoms in total. The van der Waals surface area contributed by atoms with Crippen LogP contribution in [0.4, 0.5) is 5.69 Å². The second-order valence-electron chi connectivity index (χ2n) is 6.06. The first-order chi connectivity index (χ1) is 12.7. The van der Waals surface area contributed by atoms with E-state index in [0.717, 1.165) is 16.9 Å². The average Bonchev–Trinajstić information content (AvgIpc) is 2.61. The Labute approximate surface area is 159 Å². The number of carbonyl (C=O) groups excluding carboxylic acids is 1. The summed E-state index contributed by atoms with van der Waals surface area (Å²) in [5.41, 5.74) is 2.35. The summed E-state index contributed by atoms with van der Waals surface area (Å²) in [5, 5.41) is 2.56. The van der Waals surface area contributed by atoms with E-state index >= 15 is 0 Å². The van der Waals surface area contributed by atoms with Crippen LogP contribution in [0.15, 0.2) is 41.3 Å². The Morgan fingerprint density at radius 1 is 1.07 bits per heavy atom. The first-order valence-corrected chi connectivity index (χ1v) is 9.86. The highest BCUT2D eigenvalue weighted by Gasteiger charge is 2.17. The largest absolute Gasteiger partial charge is 0.495 e. The Bertz CT molecular complexity index is 926. The zero-order valence-electron chi connectivity index (χ0n) is 15.8. The highest BCUT2D eigenvalue weighted by molar-refractivity contribution is 7.89. The van der Waals surface area contributed by atoms with Gasteiger partial charge >= 0.3 is 0 Å². The standard InChI is InChI=1S/C19H24N2O5S/c1-13-5-6-14(2)19(11-13)26-10-9-20-27(23,24)16-7-8-18(25-4)17(12-16)21-15(3)22/h5-8,11-12,20H,9-10H2,1-4H3,(H,21,22). The quantitative estimate of drug-likeness (QED) is 0.674. The zero-order valence-corrected chi connectivity index (χ0v) is 16.6. The third-order valence-corrected chi connectivity index (χ3v) is 5.25. The second kappa shape index (κ2) is 8.88. The summed E-state index contributed by atoms with van der Waals surface area (Å²) in [5.74, 6) is 0.784. The van der Waals surface area contributed by atoms with Crippen LogP contribution in [0.5, 0.6) is 11.5 Å². The van der Waals surface area contributed by atoms with Crippen molar-refractivity contribution in [2.24, 2.45) is 0 Å². The van der Waals surface area contributed by atoms with Crippen LogP contribution in [0.3, 0.4) is 0 Å². The van der Waals surface area contributed by atoms with E-state index in [1.165, 1.54) is 32.2 Å². The number of nitrogens with one attached hydrogen (secondary N) is 2. The molecule has 2 aromatic rings. The van der Waals surface area contributed by atoms with Gasteiger partial charge in [-0.2, -0.15) is 0 Å². The van der Waals surface area contributed by atoms with Gasteiger partial charge in [0.2, 0.25) is 15.9 Å². The molecule has 0 atom stereocenters. The third-order valence-electron chi connectivity index (χ3n) is 3.79. The molecule has 0 bridgehead atoms. The minimum absolute atomic E-state index is 0.0267. The Kier molecular flexibility index (Phi) is 6.81. The number of methoxy groups -OCH3 is 1. The second-order valence-corrected chi connectivity index (χ2v) is 7.83. The van der Waals surface area contributed by atoms with Gasteiger partial charge in [0.1, 0.15) is 18.1 Å². The predicted molar refractivity (Wildman–Crippen MR) is 104 cm³/mol. The van der Waals surface area contributed by atoms with E-state index in [0.29, 0.717) is 11.4 Å². The molecular weight excluding hydrogens is 368 g/mol. The third kappa shape index (κ3) is 5.70. The van der Waals surface area contributed by atoms with Crippen LogP contribution in [-0.2, 0) is 14.8 Å². The molecule has 0 aliphatic carbocycles. The van der Waals surface area contributed by atoms with Gasteiger partial charge in [-0.05, 0) is 49.2 Å². The number of hydrogen-bond acceptors (Lipinski definition) is 5. The van der Waals surface area contributed by atoms with Crippen LogP contribution in [0.2, 0.25) is 0 Å². The molecule has 27 heavy (non-hydrogen) atoms. The fourth-order valence-electron chi connectivity index (χ4n) is 2.42. The Morgan fingerprint density at radius 2 is 1.81 bits per heavy atom. The number of benzene rings is 2. The van der Waals surface area contributed by atoms with Gasteiger partial charge in [-0.15, -0.1) is 0 Å². The average molecular weight is 392 g/mol. The Hall–Kier alpha value is -2.58. The summed E-state index contributed by atoms with van der Waals surface area (Å²) in [7, 11) is -2.31. The lowest BCUT2D eigenvalue weighted by Crippen LogP contribution is -2.28. The van der Waals surface area contributed by atoms with E-state index in [2.05, 4.69) is 10.0 Å². The van der Waals surface area contributed by atoms with Crippen molar-refractivity contribution in [1.82, 2.24) is 4.72 Å². The minimum atomic E-state index is -3.75. The lowest BCUT2D eigenvalue weighted by atomic mass is 10.1. The first-order valence-electron chi connectivity index (χ1n) is 8.38. The lowest BCUT2D eigenvalue weighted by Gasteiger charge is -2.13. The van der Waals surface area contributed by atoms with Crippen LogP contribution < -0.4 is 19.5 Å². The maximum Gasteiger partial charge on any atom is 0.240 e. The summed E-state index contributed by atoms with van der Waals surface area (Å²) >= 11 is 0. The summed E-state index contributed by atoms with van der Waals surface area (Å²) in [6, 6.07) is 10.1. The molecule has 1 amide bonds. The number of ether oxygens (including phenoxy) is 2. The van der Waals surface area contributed by atoms with Gasteiger partial charge in [-0.25, -0.2) is 13.1 Å². The predicted octanol–water partition coefficient (Wildman–Crippen LogP) is 2.63. The van der Waals surface area contributed by atoms with Crippen molar-refractivity contribution in [3.63, 3.8) is 0 Å². The molecule has 0 aromatic heterocycles. The molecule has 8 heteroatoms. The van der Waals surface area contributed by atoms with Crippen molar-refractivity contribution < 1.29 is 22.7 Å². The van der Waals surface area contributed by atoms with Gasteiger partial charge in [-0.3, -0.25) is 4.79 Å². The molecule has 2 N–H and O–H groups in total. The molecule has 2 aromatic carbocycles. The van der Waals surface area contributed by atoms with Gasteiger partial charge in [0.15, 0.2) is 0 Å². The molecule has 0 saturated carbocycles. The smallest absolute Gasteiger partial charge is 0.240 e. The molecule has 0 aliphatic rings. The molecule has 0 radical (unpaired) electrons. The molecule has 0 fully saturated rings. The van der Waals surface area contributed by atoms with Gasteiger partial charge in [0.25, 0.3) is 0 Å². The molecule has 0 spiro atoms. The van der Waals surface area contributed by atoms with Gasteiger partial charge in [0.05, 0.1) is 17.7 Å². The normalized spacial score (nSPS) is 11.1. The lowest BCUT2D eigenvalue weighted by molar-refractivity contribution is -0.114.